The molecular weight excluding hydrogens is 132 g/mol. The molecule has 0 amide bonds. The van der Waals surface area contributed by atoms with Gasteiger partial charge in [0.2, 0.25) is 0 Å². The van der Waals surface area contributed by atoms with Crippen LogP contribution in [0.3, 0.4) is 0 Å². The Balaban J connectivity index is 2.50. The van der Waals surface area contributed by atoms with Crippen LogP contribution in [0.5, 0.6) is 0 Å². The summed E-state index contributed by atoms with van der Waals surface area (Å²) >= 11 is 4.81. The third-order valence-electron chi connectivity index (χ3n) is 1.41. The summed E-state index contributed by atoms with van der Waals surface area (Å²) in [5, 5.41) is 3.07. The summed E-state index contributed by atoms with van der Waals surface area (Å²) < 4.78 is 0. The van der Waals surface area contributed by atoms with Gasteiger partial charge in [-0.1, -0.05) is 18.3 Å². The smallest absolute Gasteiger partial charge is 0.0798 e. The van der Waals surface area contributed by atoms with E-state index in [1.807, 2.05) is 12.3 Å². The minimum Gasteiger partial charge on any atom is -0.393 e. The van der Waals surface area contributed by atoms with Gasteiger partial charge in [-0.05, 0) is 12.6 Å². The van der Waals surface area contributed by atoms with Crippen molar-refractivity contribution in [2.45, 2.75) is 6.42 Å². The standard InChI is InChI=1S/C6H10N2S/c7-6(9)5-1-3-8-4-2-5/h1,3,5,8H,2,4H2,(H2,7,9). The summed E-state index contributed by atoms with van der Waals surface area (Å²) in [6.07, 6.45) is 4.95. The van der Waals surface area contributed by atoms with Gasteiger partial charge in [-0.2, -0.15) is 0 Å². The molecule has 0 aromatic rings. The third kappa shape index (κ3) is 1.68. The van der Waals surface area contributed by atoms with E-state index in [0.29, 0.717) is 10.9 Å². The monoisotopic (exact) mass is 142 g/mol. The molecule has 0 bridgehead atoms. The van der Waals surface area contributed by atoms with Crippen molar-refractivity contribution in [2.75, 3.05) is 6.54 Å². The number of thiocarbonyl (C=S) groups is 1. The molecule has 1 rings (SSSR count). The highest BCUT2D eigenvalue weighted by atomic mass is 32.1. The van der Waals surface area contributed by atoms with Crippen LogP contribution in [0.25, 0.3) is 0 Å². The molecule has 1 unspecified atom stereocenters. The zero-order chi connectivity index (χ0) is 6.69. The molecule has 1 atom stereocenters. The van der Waals surface area contributed by atoms with Crippen molar-refractivity contribution in [1.82, 2.24) is 5.32 Å². The molecule has 0 saturated heterocycles. The molecular formula is C6H10N2S. The lowest BCUT2D eigenvalue weighted by Gasteiger charge is -2.14. The first-order chi connectivity index (χ1) is 4.30. The number of rotatable bonds is 1. The maximum Gasteiger partial charge on any atom is 0.0798 e. The maximum absolute atomic E-state index is 5.42. The lowest BCUT2D eigenvalue weighted by Crippen LogP contribution is -2.26. The van der Waals surface area contributed by atoms with Gasteiger partial charge < -0.3 is 11.1 Å². The zero-order valence-electron chi connectivity index (χ0n) is 5.13. The van der Waals surface area contributed by atoms with Gasteiger partial charge in [0.15, 0.2) is 0 Å². The number of hydrogen-bond donors (Lipinski definition) is 2. The minimum atomic E-state index is 0.321. The van der Waals surface area contributed by atoms with Crippen molar-refractivity contribution in [1.29, 1.82) is 0 Å². The van der Waals surface area contributed by atoms with Crippen LogP contribution in [0.1, 0.15) is 6.42 Å². The molecule has 0 saturated carbocycles. The number of nitrogens with one attached hydrogen (secondary N) is 1. The van der Waals surface area contributed by atoms with Crippen molar-refractivity contribution in [3.05, 3.63) is 12.3 Å². The number of nitrogens with two attached hydrogens (primary N) is 1. The van der Waals surface area contributed by atoms with Gasteiger partial charge in [0.25, 0.3) is 0 Å². The van der Waals surface area contributed by atoms with Crippen molar-refractivity contribution in [3.63, 3.8) is 0 Å². The SMILES string of the molecule is NC(=S)C1C=CNCC1. The first-order valence-corrected chi connectivity index (χ1v) is 3.41. The predicted molar refractivity (Wildman–Crippen MR) is 42.0 cm³/mol. The second kappa shape index (κ2) is 2.82. The van der Waals surface area contributed by atoms with Crippen LogP contribution >= 0.6 is 12.2 Å². The molecule has 0 aromatic carbocycles. The molecule has 1 heterocycles. The Bertz CT molecular complexity index is 142. The van der Waals surface area contributed by atoms with Crippen molar-refractivity contribution < 1.29 is 0 Å². The molecule has 0 aromatic heterocycles. The summed E-state index contributed by atoms with van der Waals surface area (Å²) in [5.74, 6) is 0.321. The third-order valence-corrected chi connectivity index (χ3v) is 1.71. The fraction of sp³-hybridized carbons (Fsp3) is 0.500. The van der Waals surface area contributed by atoms with Crippen LogP contribution in [0.4, 0.5) is 0 Å². The van der Waals surface area contributed by atoms with Gasteiger partial charge in [0.05, 0.1) is 4.99 Å². The molecule has 0 spiro atoms. The van der Waals surface area contributed by atoms with Gasteiger partial charge in [0, 0.05) is 12.5 Å². The minimum absolute atomic E-state index is 0.321. The van der Waals surface area contributed by atoms with Gasteiger partial charge in [0.1, 0.15) is 0 Å². The molecule has 9 heavy (non-hydrogen) atoms. The fourth-order valence-electron chi connectivity index (χ4n) is 0.840. The van der Waals surface area contributed by atoms with E-state index in [4.69, 9.17) is 18.0 Å². The molecule has 0 fully saturated rings. The zero-order valence-corrected chi connectivity index (χ0v) is 5.95. The molecule has 0 radical (unpaired) electrons. The second-order valence-corrected chi connectivity index (χ2v) is 2.58. The molecule has 1 aliphatic heterocycles. The summed E-state index contributed by atoms with van der Waals surface area (Å²) in [4.78, 5) is 0.604. The summed E-state index contributed by atoms with van der Waals surface area (Å²) in [7, 11) is 0. The van der Waals surface area contributed by atoms with Crippen LogP contribution in [0, 0.1) is 5.92 Å². The van der Waals surface area contributed by atoms with Crippen molar-refractivity contribution in [2.24, 2.45) is 11.7 Å². The van der Waals surface area contributed by atoms with Gasteiger partial charge >= 0.3 is 0 Å². The Morgan fingerprint density at radius 2 is 2.56 bits per heavy atom. The largest absolute Gasteiger partial charge is 0.393 e. The molecule has 3 heteroatoms. The highest BCUT2D eigenvalue weighted by molar-refractivity contribution is 7.80. The Hall–Kier alpha value is -0.570. The van der Waals surface area contributed by atoms with Gasteiger partial charge in [-0.3, -0.25) is 0 Å². The molecule has 2 nitrogen and oxygen atoms in total. The van der Waals surface area contributed by atoms with Crippen LogP contribution in [0.2, 0.25) is 0 Å². The fourth-order valence-corrected chi connectivity index (χ4v) is 1.04. The van der Waals surface area contributed by atoms with E-state index in [0.717, 1.165) is 13.0 Å². The van der Waals surface area contributed by atoms with E-state index in [1.54, 1.807) is 0 Å². The highest BCUT2D eigenvalue weighted by Crippen LogP contribution is 2.07. The lowest BCUT2D eigenvalue weighted by atomic mass is 10.0. The average Bonchev–Trinajstić information content (AvgIpc) is 1.90. The Labute approximate surface area is 60.1 Å². The van der Waals surface area contributed by atoms with Crippen molar-refractivity contribution >= 4 is 17.2 Å². The van der Waals surface area contributed by atoms with Crippen LogP contribution < -0.4 is 11.1 Å². The van der Waals surface area contributed by atoms with E-state index in [2.05, 4.69) is 5.32 Å². The van der Waals surface area contributed by atoms with Crippen LogP contribution in [-0.4, -0.2) is 11.5 Å². The van der Waals surface area contributed by atoms with Gasteiger partial charge in [-0.25, -0.2) is 0 Å². The topological polar surface area (TPSA) is 38.0 Å². The van der Waals surface area contributed by atoms with E-state index >= 15 is 0 Å². The molecule has 0 aliphatic carbocycles. The number of hydrogen-bond acceptors (Lipinski definition) is 2. The molecule has 1 aliphatic rings. The lowest BCUT2D eigenvalue weighted by molar-refractivity contribution is 0.660. The summed E-state index contributed by atoms with van der Waals surface area (Å²) in [6.45, 7) is 0.985. The first-order valence-electron chi connectivity index (χ1n) is 3.00. The van der Waals surface area contributed by atoms with E-state index in [-0.39, 0.29) is 0 Å². The Kier molecular flexibility index (Phi) is 2.05. The Morgan fingerprint density at radius 1 is 1.78 bits per heavy atom. The normalized spacial score (nSPS) is 25.1. The maximum atomic E-state index is 5.42. The predicted octanol–water partition coefficient (Wildman–Crippen LogP) is 0.396. The van der Waals surface area contributed by atoms with Gasteiger partial charge in [-0.15, -0.1) is 0 Å². The van der Waals surface area contributed by atoms with E-state index in [1.165, 1.54) is 0 Å². The first kappa shape index (κ1) is 6.55. The summed E-state index contributed by atoms with van der Waals surface area (Å²) in [5.41, 5.74) is 5.42. The van der Waals surface area contributed by atoms with Crippen LogP contribution in [0.15, 0.2) is 12.3 Å². The van der Waals surface area contributed by atoms with Crippen LogP contribution in [-0.2, 0) is 0 Å². The van der Waals surface area contributed by atoms with E-state index in [9.17, 15) is 0 Å². The summed E-state index contributed by atoms with van der Waals surface area (Å²) in [6, 6.07) is 0. The second-order valence-electron chi connectivity index (χ2n) is 2.11. The Morgan fingerprint density at radius 3 is 2.89 bits per heavy atom. The van der Waals surface area contributed by atoms with Crippen molar-refractivity contribution in [3.8, 4) is 0 Å². The van der Waals surface area contributed by atoms with E-state index < -0.39 is 0 Å². The quantitative estimate of drug-likeness (QED) is 0.520. The average molecular weight is 142 g/mol. The molecule has 3 N–H and O–H groups in total. The highest BCUT2D eigenvalue weighted by Gasteiger charge is 2.09. The molecule has 50 valence electrons.